The molecule has 0 unspecified atom stereocenters. The smallest absolute Gasteiger partial charge is 0.224 e. The van der Waals surface area contributed by atoms with Crippen LogP contribution in [0.5, 0.6) is 0 Å². The second-order valence-corrected chi connectivity index (χ2v) is 7.76. The minimum Gasteiger partial charge on any atom is -0.376 e. The van der Waals surface area contributed by atoms with Crippen molar-refractivity contribution in [1.82, 2.24) is 9.80 Å². The number of hydrogen-bond acceptors (Lipinski definition) is 4. The lowest BCUT2D eigenvalue weighted by Crippen LogP contribution is -2.39. The highest BCUT2D eigenvalue weighted by Crippen LogP contribution is 2.18. The van der Waals surface area contributed by atoms with Crippen molar-refractivity contribution in [2.45, 2.75) is 57.6 Å². The van der Waals surface area contributed by atoms with Gasteiger partial charge >= 0.3 is 0 Å². The molecule has 6 heteroatoms. The molecule has 2 aliphatic rings. The highest BCUT2D eigenvalue weighted by Gasteiger charge is 2.24. The number of carbonyl (C=O) groups is 2. The first-order valence-corrected chi connectivity index (χ1v) is 10.3. The Kier molecular flexibility index (Phi) is 6.87. The second kappa shape index (κ2) is 9.34. The number of rotatable bonds is 7. The lowest BCUT2D eigenvalue weighted by molar-refractivity contribution is -0.135. The molecule has 0 N–H and O–H groups in total. The molecular formula is C19H28N2O3S. The van der Waals surface area contributed by atoms with Gasteiger partial charge in [0.1, 0.15) is 0 Å². The fourth-order valence-corrected chi connectivity index (χ4v) is 4.22. The van der Waals surface area contributed by atoms with Gasteiger partial charge < -0.3 is 14.5 Å². The van der Waals surface area contributed by atoms with Crippen LogP contribution in [0.4, 0.5) is 0 Å². The van der Waals surface area contributed by atoms with Gasteiger partial charge in [-0.25, -0.2) is 0 Å². The van der Waals surface area contributed by atoms with Crippen molar-refractivity contribution < 1.29 is 14.3 Å². The van der Waals surface area contributed by atoms with Gasteiger partial charge in [0, 0.05) is 45.6 Å². The van der Waals surface area contributed by atoms with Gasteiger partial charge in [-0.05, 0) is 48.1 Å². The summed E-state index contributed by atoms with van der Waals surface area (Å²) in [6.07, 6.45) is 6.43. The van der Waals surface area contributed by atoms with Gasteiger partial charge in [0.2, 0.25) is 11.8 Å². The maximum absolute atomic E-state index is 12.8. The van der Waals surface area contributed by atoms with E-state index >= 15 is 0 Å². The van der Waals surface area contributed by atoms with Crippen LogP contribution >= 0.6 is 11.3 Å². The fraction of sp³-hybridized carbons (Fsp3) is 0.684. The fourth-order valence-electron chi connectivity index (χ4n) is 3.56. The zero-order chi connectivity index (χ0) is 17.5. The van der Waals surface area contributed by atoms with Crippen LogP contribution in [0.1, 0.15) is 50.5 Å². The Balaban J connectivity index is 1.56. The molecule has 0 aliphatic carbocycles. The molecule has 2 amide bonds. The zero-order valence-electron chi connectivity index (χ0n) is 14.8. The number of likely N-dealkylation sites (tertiary alicyclic amines) is 1. The Bertz CT molecular complexity index is 555. The number of nitrogens with zero attached hydrogens (tertiary/aromatic N) is 2. The van der Waals surface area contributed by atoms with Crippen LogP contribution in [-0.2, 0) is 20.9 Å². The summed E-state index contributed by atoms with van der Waals surface area (Å²) in [4.78, 5) is 28.7. The third-order valence-electron chi connectivity index (χ3n) is 5.02. The largest absolute Gasteiger partial charge is 0.376 e. The van der Waals surface area contributed by atoms with Crippen molar-refractivity contribution in [3.8, 4) is 0 Å². The molecule has 2 fully saturated rings. The molecule has 2 saturated heterocycles. The molecular weight excluding hydrogens is 336 g/mol. The van der Waals surface area contributed by atoms with Crippen LogP contribution in [0.25, 0.3) is 0 Å². The molecule has 0 saturated carbocycles. The lowest BCUT2D eigenvalue weighted by Gasteiger charge is -2.27. The Morgan fingerprint density at radius 1 is 1.32 bits per heavy atom. The van der Waals surface area contributed by atoms with Gasteiger partial charge in [-0.2, -0.15) is 11.3 Å². The van der Waals surface area contributed by atoms with Gasteiger partial charge in [0.05, 0.1) is 6.10 Å². The molecule has 2 aliphatic heterocycles. The van der Waals surface area contributed by atoms with Crippen molar-refractivity contribution in [1.29, 1.82) is 0 Å². The molecule has 138 valence electrons. The standard InChI is InChI=1S/C19H28N2O3S/c22-18-6-2-1-3-9-20(18)10-7-19(23)21(13-16-8-12-25-15-16)14-17-5-4-11-24-17/h8,12,15,17H,1-7,9-11,13-14H2/t17-/m1/s1. The van der Waals surface area contributed by atoms with E-state index in [4.69, 9.17) is 4.74 Å². The molecule has 0 bridgehead atoms. The van der Waals surface area contributed by atoms with Crippen LogP contribution in [0.2, 0.25) is 0 Å². The first kappa shape index (κ1) is 18.4. The Labute approximate surface area is 153 Å². The third-order valence-corrected chi connectivity index (χ3v) is 5.75. The maximum atomic E-state index is 12.8. The summed E-state index contributed by atoms with van der Waals surface area (Å²) in [6.45, 7) is 3.43. The summed E-state index contributed by atoms with van der Waals surface area (Å²) < 4.78 is 5.73. The van der Waals surface area contributed by atoms with E-state index in [-0.39, 0.29) is 17.9 Å². The molecule has 3 rings (SSSR count). The highest BCUT2D eigenvalue weighted by molar-refractivity contribution is 7.07. The number of amides is 2. The van der Waals surface area contributed by atoms with Gasteiger partial charge in [-0.3, -0.25) is 9.59 Å². The van der Waals surface area contributed by atoms with Crippen LogP contribution in [-0.4, -0.2) is 54.0 Å². The first-order chi connectivity index (χ1) is 12.2. The van der Waals surface area contributed by atoms with Gasteiger partial charge in [0.15, 0.2) is 0 Å². The summed E-state index contributed by atoms with van der Waals surface area (Å²) >= 11 is 1.65. The number of hydrogen-bond donors (Lipinski definition) is 0. The SMILES string of the molecule is O=C1CCCCCN1CCC(=O)N(Cc1ccsc1)C[C@H]1CCCO1. The monoisotopic (exact) mass is 364 g/mol. The molecule has 0 radical (unpaired) electrons. The Morgan fingerprint density at radius 3 is 3.00 bits per heavy atom. The number of ether oxygens (including phenoxy) is 1. The van der Waals surface area contributed by atoms with Crippen molar-refractivity contribution >= 4 is 23.2 Å². The topological polar surface area (TPSA) is 49.9 Å². The first-order valence-electron chi connectivity index (χ1n) is 9.40. The van der Waals surface area contributed by atoms with E-state index in [0.717, 1.165) is 45.3 Å². The molecule has 3 heterocycles. The molecule has 0 aromatic carbocycles. The third kappa shape index (κ3) is 5.54. The predicted molar refractivity (Wildman–Crippen MR) is 98.4 cm³/mol. The van der Waals surface area contributed by atoms with Crippen LogP contribution in [0.15, 0.2) is 16.8 Å². The zero-order valence-corrected chi connectivity index (χ0v) is 15.6. The quantitative estimate of drug-likeness (QED) is 0.747. The van der Waals surface area contributed by atoms with E-state index in [9.17, 15) is 9.59 Å². The van der Waals surface area contributed by atoms with Crippen molar-refractivity contribution in [2.75, 3.05) is 26.2 Å². The predicted octanol–water partition coefficient (Wildman–Crippen LogP) is 3.05. The average Bonchev–Trinajstić information content (AvgIpc) is 3.26. The number of thiophene rings is 1. The summed E-state index contributed by atoms with van der Waals surface area (Å²) in [6, 6.07) is 2.07. The summed E-state index contributed by atoms with van der Waals surface area (Å²) in [5, 5.41) is 4.13. The van der Waals surface area contributed by atoms with E-state index in [1.54, 1.807) is 11.3 Å². The minimum absolute atomic E-state index is 0.124. The van der Waals surface area contributed by atoms with E-state index in [1.165, 1.54) is 5.56 Å². The molecule has 1 atom stereocenters. The molecule has 1 aromatic rings. The van der Waals surface area contributed by atoms with Gasteiger partial charge in [-0.15, -0.1) is 0 Å². The minimum atomic E-state index is 0.124. The van der Waals surface area contributed by atoms with Crippen LogP contribution < -0.4 is 0 Å². The summed E-state index contributed by atoms with van der Waals surface area (Å²) in [7, 11) is 0. The highest BCUT2D eigenvalue weighted by atomic mass is 32.1. The molecule has 0 spiro atoms. The van der Waals surface area contributed by atoms with Gasteiger partial charge in [-0.1, -0.05) is 6.42 Å². The molecule has 25 heavy (non-hydrogen) atoms. The molecule has 1 aromatic heterocycles. The normalized spacial score (nSPS) is 21.4. The van der Waals surface area contributed by atoms with E-state index in [2.05, 4.69) is 11.4 Å². The van der Waals surface area contributed by atoms with Crippen LogP contribution in [0.3, 0.4) is 0 Å². The van der Waals surface area contributed by atoms with Gasteiger partial charge in [0.25, 0.3) is 0 Å². The van der Waals surface area contributed by atoms with E-state index in [0.29, 0.717) is 32.5 Å². The second-order valence-electron chi connectivity index (χ2n) is 6.98. The summed E-state index contributed by atoms with van der Waals surface area (Å²) in [5.74, 6) is 0.326. The van der Waals surface area contributed by atoms with E-state index < -0.39 is 0 Å². The van der Waals surface area contributed by atoms with Crippen LogP contribution in [0, 0.1) is 0 Å². The average molecular weight is 365 g/mol. The van der Waals surface area contributed by atoms with Crippen molar-refractivity contribution in [2.24, 2.45) is 0 Å². The lowest BCUT2D eigenvalue weighted by atomic mass is 10.2. The van der Waals surface area contributed by atoms with E-state index in [1.807, 2.05) is 15.2 Å². The molecule has 5 nitrogen and oxygen atoms in total. The Hall–Kier alpha value is -1.40. The van der Waals surface area contributed by atoms with Crippen molar-refractivity contribution in [3.63, 3.8) is 0 Å². The summed E-state index contributed by atoms with van der Waals surface area (Å²) in [5.41, 5.74) is 1.17. The van der Waals surface area contributed by atoms with Crippen molar-refractivity contribution in [3.05, 3.63) is 22.4 Å². The Morgan fingerprint density at radius 2 is 2.24 bits per heavy atom. The maximum Gasteiger partial charge on any atom is 0.224 e. The number of carbonyl (C=O) groups excluding carboxylic acids is 2.